The lowest BCUT2D eigenvalue weighted by Gasteiger charge is -2.20. The summed E-state index contributed by atoms with van der Waals surface area (Å²) in [6.45, 7) is 5.96. The van der Waals surface area contributed by atoms with Gasteiger partial charge in [-0.1, -0.05) is 45.1 Å². The van der Waals surface area contributed by atoms with Crippen molar-refractivity contribution in [2.75, 3.05) is 33.2 Å². The molecule has 0 spiro atoms. The summed E-state index contributed by atoms with van der Waals surface area (Å²) in [7, 11) is 1.71. The normalized spacial score (nSPS) is 11.9. The van der Waals surface area contributed by atoms with Crippen LogP contribution in [0, 0.1) is 5.82 Å². The van der Waals surface area contributed by atoms with Crippen molar-refractivity contribution in [3.8, 4) is 23.0 Å². The zero-order valence-corrected chi connectivity index (χ0v) is 22.8. The molecule has 0 heterocycles. The molecule has 0 bridgehead atoms. The Morgan fingerprint density at radius 2 is 1.43 bits per heavy atom. The molecular formula is C28H32FNO6S. The largest absolute Gasteiger partial charge is 0.494 e. The first-order valence-electron chi connectivity index (χ1n) is 11.4. The van der Waals surface area contributed by atoms with Gasteiger partial charge >= 0.3 is 0 Å². The highest BCUT2D eigenvalue weighted by Gasteiger charge is 2.23. The SMILES string of the molecule is COc1ccc(C=Cc2cc(OC)c(OC)c(OC)c2)c(NS(=O)(=O)c2cccc(C(C)(C)C)c2)c1F. The van der Waals surface area contributed by atoms with Crippen LogP contribution in [0.4, 0.5) is 10.1 Å². The van der Waals surface area contributed by atoms with Gasteiger partial charge in [-0.25, -0.2) is 12.8 Å². The van der Waals surface area contributed by atoms with Crippen LogP contribution in [0.3, 0.4) is 0 Å². The number of halogens is 1. The fraction of sp³-hybridized carbons (Fsp3) is 0.286. The van der Waals surface area contributed by atoms with E-state index in [0.717, 1.165) is 5.56 Å². The maximum absolute atomic E-state index is 15.4. The summed E-state index contributed by atoms with van der Waals surface area (Å²) >= 11 is 0. The monoisotopic (exact) mass is 529 g/mol. The molecule has 7 nitrogen and oxygen atoms in total. The molecular weight excluding hydrogens is 497 g/mol. The molecule has 0 saturated carbocycles. The van der Waals surface area contributed by atoms with Crippen LogP contribution in [0.2, 0.25) is 0 Å². The number of benzene rings is 3. The first-order chi connectivity index (χ1) is 17.4. The highest BCUT2D eigenvalue weighted by molar-refractivity contribution is 7.92. The number of rotatable bonds is 9. The van der Waals surface area contributed by atoms with E-state index in [1.54, 1.807) is 42.5 Å². The molecule has 3 aromatic rings. The van der Waals surface area contributed by atoms with E-state index >= 15 is 4.39 Å². The van der Waals surface area contributed by atoms with Gasteiger partial charge in [0, 0.05) is 5.56 Å². The van der Waals surface area contributed by atoms with Gasteiger partial charge in [0.15, 0.2) is 23.1 Å². The van der Waals surface area contributed by atoms with E-state index in [0.29, 0.717) is 28.4 Å². The molecule has 37 heavy (non-hydrogen) atoms. The van der Waals surface area contributed by atoms with Gasteiger partial charge < -0.3 is 18.9 Å². The molecule has 0 saturated heterocycles. The van der Waals surface area contributed by atoms with Crippen LogP contribution in [0.15, 0.2) is 53.4 Å². The maximum Gasteiger partial charge on any atom is 0.262 e. The highest BCUT2D eigenvalue weighted by atomic mass is 32.2. The van der Waals surface area contributed by atoms with Crippen molar-refractivity contribution in [1.82, 2.24) is 0 Å². The van der Waals surface area contributed by atoms with E-state index in [2.05, 4.69) is 4.72 Å². The lowest BCUT2D eigenvalue weighted by atomic mass is 9.87. The van der Waals surface area contributed by atoms with Crippen LogP contribution in [-0.4, -0.2) is 36.9 Å². The molecule has 198 valence electrons. The number of anilines is 1. The van der Waals surface area contributed by atoms with Crippen molar-refractivity contribution in [2.45, 2.75) is 31.1 Å². The molecule has 3 rings (SSSR count). The predicted octanol–water partition coefficient (Wildman–Crippen LogP) is 6.13. The first kappa shape index (κ1) is 27.9. The van der Waals surface area contributed by atoms with E-state index in [9.17, 15) is 8.42 Å². The average Bonchev–Trinajstić information content (AvgIpc) is 2.87. The van der Waals surface area contributed by atoms with Crippen molar-refractivity contribution in [1.29, 1.82) is 0 Å². The second-order valence-corrected chi connectivity index (χ2v) is 10.9. The second-order valence-electron chi connectivity index (χ2n) is 9.22. The Hall–Kier alpha value is -3.72. The van der Waals surface area contributed by atoms with Crippen LogP contribution in [0.25, 0.3) is 12.2 Å². The summed E-state index contributed by atoms with van der Waals surface area (Å²) in [5, 5.41) is 0. The molecule has 0 aromatic heterocycles. The molecule has 0 aliphatic carbocycles. The van der Waals surface area contributed by atoms with Gasteiger partial charge in [0.25, 0.3) is 10.0 Å². The molecule has 9 heteroatoms. The molecule has 0 amide bonds. The molecule has 0 atom stereocenters. The molecule has 0 aliphatic rings. The first-order valence-corrected chi connectivity index (χ1v) is 12.9. The van der Waals surface area contributed by atoms with Crippen LogP contribution < -0.4 is 23.7 Å². The summed E-state index contributed by atoms with van der Waals surface area (Å²) in [6.07, 6.45) is 3.27. The van der Waals surface area contributed by atoms with E-state index in [4.69, 9.17) is 18.9 Å². The smallest absolute Gasteiger partial charge is 0.262 e. The van der Waals surface area contributed by atoms with Crippen molar-refractivity contribution in [3.63, 3.8) is 0 Å². The minimum Gasteiger partial charge on any atom is -0.494 e. The number of hydrogen-bond donors (Lipinski definition) is 1. The van der Waals surface area contributed by atoms with Gasteiger partial charge in [0.05, 0.1) is 39.0 Å². The minimum absolute atomic E-state index is 0.0294. The molecule has 1 N–H and O–H groups in total. The molecule has 0 aliphatic heterocycles. The summed E-state index contributed by atoms with van der Waals surface area (Å²) in [6, 6.07) is 13.0. The van der Waals surface area contributed by atoms with Gasteiger partial charge in [-0.2, -0.15) is 0 Å². The molecule has 0 radical (unpaired) electrons. The van der Waals surface area contributed by atoms with Crippen LogP contribution in [0.5, 0.6) is 23.0 Å². The number of ether oxygens (including phenoxy) is 4. The van der Waals surface area contributed by atoms with E-state index in [-0.39, 0.29) is 21.7 Å². The molecule has 3 aromatic carbocycles. The predicted molar refractivity (Wildman–Crippen MR) is 144 cm³/mol. The Balaban J connectivity index is 2.07. The fourth-order valence-electron chi connectivity index (χ4n) is 3.68. The number of nitrogens with one attached hydrogen (secondary N) is 1. The number of sulfonamides is 1. The van der Waals surface area contributed by atoms with Gasteiger partial charge in [0.1, 0.15) is 0 Å². The maximum atomic E-state index is 15.4. The Morgan fingerprint density at radius 1 is 0.811 bits per heavy atom. The van der Waals surface area contributed by atoms with Gasteiger partial charge in [-0.3, -0.25) is 4.72 Å². The standard InChI is InChI=1S/C28H32FNO6S/c1-28(2,3)20-9-8-10-21(17-20)37(31,32)30-26-19(13-14-22(33-4)25(26)29)12-11-18-15-23(34-5)27(36-7)24(16-18)35-6/h8-17,30H,1-7H3. The average molecular weight is 530 g/mol. The van der Waals surface area contributed by atoms with Crippen molar-refractivity contribution < 1.29 is 31.8 Å². The van der Waals surface area contributed by atoms with E-state index < -0.39 is 15.8 Å². The van der Waals surface area contributed by atoms with Crippen LogP contribution in [-0.2, 0) is 15.4 Å². The van der Waals surface area contributed by atoms with Gasteiger partial charge in [-0.15, -0.1) is 0 Å². The summed E-state index contributed by atoms with van der Waals surface area (Å²) < 4.78 is 65.6. The summed E-state index contributed by atoms with van der Waals surface area (Å²) in [5.74, 6) is 0.406. The third kappa shape index (κ3) is 6.17. The third-order valence-electron chi connectivity index (χ3n) is 5.75. The Kier molecular flexibility index (Phi) is 8.38. The second kappa shape index (κ2) is 11.1. The van der Waals surface area contributed by atoms with Crippen molar-refractivity contribution >= 4 is 27.9 Å². The third-order valence-corrected chi connectivity index (χ3v) is 7.10. The van der Waals surface area contributed by atoms with Crippen molar-refractivity contribution in [2.24, 2.45) is 0 Å². The summed E-state index contributed by atoms with van der Waals surface area (Å²) in [5.41, 5.74) is 1.30. The van der Waals surface area contributed by atoms with Crippen LogP contribution in [0.1, 0.15) is 37.5 Å². The van der Waals surface area contributed by atoms with E-state index in [1.165, 1.54) is 40.6 Å². The Labute approximate surface area is 217 Å². The minimum atomic E-state index is -4.12. The topological polar surface area (TPSA) is 83.1 Å². The lowest BCUT2D eigenvalue weighted by molar-refractivity contribution is 0.324. The Morgan fingerprint density at radius 3 is 1.97 bits per heavy atom. The lowest BCUT2D eigenvalue weighted by Crippen LogP contribution is -2.17. The Bertz CT molecular complexity index is 1390. The molecule has 0 fully saturated rings. The highest BCUT2D eigenvalue weighted by Crippen LogP contribution is 2.39. The summed E-state index contributed by atoms with van der Waals surface area (Å²) in [4.78, 5) is 0.0294. The zero-order chi connectivity index (χ0) is 27.4. The van der Waals surface area contributed by atoms with Gasteiger partial charge in [0.2, 0.25) is 5.75 Å². The van der Waals surface area contributed by atoms with Crippen molar-refractivity contribution in [3.05, 3.63) is 71.0 Å². The number of methoxy groups -OCH3 is 4. The zero-order valence-electron chi connectivity index (χ0n) is 22.0. The van der Waals surface area contributed by atoms with Crippen LogP contribution >= 0.6 is 0 Å². The fourth-order valence-corrected chi connectivity index (χ4v) is 4.81. The van der Waals surface area contributed by atoms with Gasteiger partial charge in [-0.05, 0) is 52.9 Å². The van der Waals surface area contributed by atoms with E-state index in [1.807, 2.05) is 26.8 Å². The number of hydrogen-bond acceptors (Lipinski definition) is 6. The quantitative estimate of drug-likeness (QED) is 0.336. The molecule has 0 unspecified atom stereocenters.